The number of hydrogen-bond donors (Lipinski definition) is 2. The molecule has 0 bridgehead atoms. The van der Waals surface area contributed by atoms with Gasteiger partial charge in [0.25, 0.3) is 0 Å². The van der Waals surface area contributed by atoms with E-state index < -0.39 is 6.04 Å². The lowest BCUT2D eigenvalue weighted by Crippen LogP contribution is -2.39. The van der Waals surface area contributed by atoms with Crippen molar-refractivity contribution in [2.24, 2.45) is 5.73 Å². The van der Waals surface area contributed by atoms with E-state index >= 15 is 0 Å². The fourth-order valence-corrected chi connectivity index (χ4v) is 2.49. The smallest absolute Gasteiger partial charge is 0.243 e. The minimum Gasteiger partial charge on any atom is -0.383 e. The van der Waals surface area contributed by atoms with Gasteiger partial charge >= 0.3 is 0 Å². The molecular formula is C14H16N2O2S. The Morgan fingerprint density at radius 2 is 2.16 bits per heavy atom. The number of thiophene rings is 1. The van der Waals surface area contributed by atoms with E-state index in [1.807, 2.05) is 41.8 Å². The molecule has 4 nitrogen and oxygen atoms in total. The maximum atomic E-state index is 11.9. The van der Waals surface area contributed by atoms with Crippen molar-refractivity contribution in [3.05, 3.63) is 41.8 Å². The third-order valence-corrected chi connectivity index (χ3v) is 3.56. The molecule has 1 amide bonds. The molecule has 1 unspecified atom stereocenters. The van der Waals surface area contributed by atoms with Gasteiger partial charge in [-0.1, -0.05) is 24.3 Å². The molecule has 2 aromatic rings. The molecule has 0 aliphatic heterocycles. The standard InChI is InChI=1S/C14H16N2O2S/c1-18-9-11(15)14(17)16-12-6-3-2-5-10(12)13-7-4-8-19-13/h2-8,11H,9,15H2,1H3,(H,16,17). The first-order valence-electron chi connectivity index (χ1n) is 5.90. The van der Waals surface area contributed by atoms with Crippen molar-refractivity contribution in [3.8, 4) is 10.4 Å². The summed E-state index contributed by atoms with van der Waals surface area (Å²) in [4.78, 5) is 13.0. The first-order chi connectivity index (χ1) is 9.22. The van der Waals surface area contributed by atoms with Gasteiger partial charge in [0.05, 0.1) is 6.61 Å². The molecule has 0 fully saturated rings. The predicted octanol–water partition coefficient (Wildman–Crippen LogP) is 2.33. The number of carbonyl (C=O) groups excluding carboxylic acids is 1. The monoisotopic (exact) mass is 276 g/mol. The van der Waals surface area contributed by atoms with Crippen LogP contribution in [0.5, 0.6) is 0 Å². The number of amides is 1. The molecule has 0 aliphatic rings. The second kappa shape index (κ2) is 6.47. The third-order valence-electron chi connectivity index (χ3n) is 2.65. The first-order valence-corrected chi connectivity index (χ1v) is 6.78. The zero-order valence-electron chi connectivity index (χ0n) is 10.6. The van der Waals surface area contributed by atoms with Crippen molar-refractivity contribution < 1.29 is 9.53 Å². The molecule has 0 saturated carbocycles. The number of carbonyl (C=O) groups is 1. The van der Waals surface area contributed by atoms with Crippen LogP contribution in [0, 0.1) is 0 Å². The summed E-state index contributed by atoms with van der Waals surface area (Å²) in [5.41, 5.74) is 7.47. The number of hydrogen-bond acceptors (Lipinski definition) is 4. The first kappa shape index (κ1) is 13.7. The highest BCUT2D eigenvalue weighted by Gasteiger charge is 2.15. The summed E-state index contributed by atoms with van der Waals surface area (Å²) in [5.74, 6) is -0.245. The average Bonchev–Trinajstić information content (AvgIpc) is 2.93. The van der Waals surface area contributed by atoms with Gasteiger partial charge in [-0.2, -0.15) is 0 Å². The van der Waals surface area contributed by atoms with Crippen LogP contribution in [0.25, 0.3) is 10.4 Å². The molecule has 1 aromatic carbocycles. The van der Waals surface area contributed by atoms with Crippen molar-refractivity contribution in [1.29, 1.82) is 0 Å². The van der Waals surface area contributed by atoms with Gasteiger partial charge in [-0.3, -0.25) is 4.79 Å². The molecule has 1 heterocycles. The van der Waals surface area contributed by atoms with Crippen LogP contribution in [0.2, 0.25) is 0 Å². The van der Waals surface area contributed by atoms with E-state index in [4.69, 9.17) is 10.5 Å². The van der Waals surface area contributed by atoms with Crippen molar-refractivity contribution in [2.45, 2.75) is 6.04 Å². The molecule has 1 atom stereocenters. The zero-order valence-corrected chi connectivity index (χ0v) is 11.4. The van der Waals surface area contributed by atoms with E-state index in [1.165, 1.54) is 7.11 Å². The molecule has 0 radical (unpaired) electrons. The second-order valence-electron chi connectivity index (χ2n) is 4.07. The molecule has 3 N–H and O–H groups in total. The molecule has 1 aromatic heterocycles. The lowest BCUT2D eigenvalue weighted by molar-refractivity contribution is -0.118. The van der Waals surface area contributed by atoms with Crippen LogP contribution in [0.4, 0.5) is 5.69 Å². The highest BCUT2D eigenvalue weighted by molar-refractivity contribution is 7.13. The highest BCUT2D eigenvalue weighted by atomic mass is 32.1. The second-order valence-corrected chi connectivity index (χ2v) is 5.02. The van der Waals surface area contributed by atoms with Crippen molar-refractivity contribution >= 4 is 22.9 Å². The molecule has 0 spiro atoms. The van der Waals surface area contributed by atoms with Gasteiger partial charge in [-0.05, 0) is 17.5 Å². The minimum absolute atomic E-state index is 0.201. The van der Waals surface area contributed by atoms with Gasteiger partial charge in [0.1, 0.15) is 6.04 Å². The van der Waals surface area contributed by atoms with Crippen LogP contribution < -0.4 is 11.1 Å². The summed E-state index contributed by atoms with van der Waals surface area (Å²) in [6.07, 6.45) is 0. The van der Waals surface area contributed by atoms with Gasteiger partial charge in [0.15, 0.2) is 0 Å². The fourth-order valence-electron chi connectivity index (χ4n) is 1.72. The summed E-state index contributed by atoms with van der Waals surface area (Å²) >= 11 is 1.63. The molecule has 100 valence electrons. The molecule has 5 heteroatoms. The Morgan fingerprint density at radius 3 is 2.84 bits per heavy atom. The molecule has 19 heavy (non-hydrogen) atoms. The van der Waals surface area contributed by atoms with E-state index in [0.717, 1.165) is 16.1 Å². The minimum atomic E-state index is -0.665. The average molecular weight is 276 g/mol. The fraction of sp³-hybridized carbons (Fsp3) is 0.214. The van der Waals surface area contributed by atoms with Crippen molar-refractivity contribution in [2.75, 3.05) is 19.0 Å². The lowest BCUT2D eigenvalue weighted by Gasteiger charge is -2.13. The van der Waals surface area contributed by atoms with Gasteiger partial charge < -0.3 is 15.8 Å². The maximum Gasteiger partial charge on any atom is 0.243 e. The third kappa shape index (κ3) is 3.41. The largest absolute Gasteiger partial charge is 0.383 e. The Labute approximate surface area is 116 Å². The van der Waals surface area contributed by atoms with E-state index in [-0.39, 0.29) is 12.5 Å². The van der Waals surface area contributed by atoms with Gasteiger partial charge in [0.2, 0.25) is 5.91 Å². The quantitative estimate of drug-likeness (QED) is 0.881. The Balaban J connectivity index is 2.19. The van der Waals surface area contributed by atoms with E-state index in [9.17, 15) is 4.79 Å². The van der Waals surface area contributed by atoms with E-state index in [2.05, 4.69) is 5.32 Å². The van der Waals surface area contributed by atoms with Crippen LogP contribution in [0.15, 0.2) is 41.8 Å². The van der Waals surface area contributed by atoms with Crippen molar-refractivity contribution in [3.63, 3.8) is 0 Å². The van der Waals surface area contributed by atoms with Crippen molar-refractivity contribution in [1.82, 2.24) is 0 Å². The summed E-state index contributed by atoms with van der Waals surface area (Å²) in [6.45, 7) is 0.201. The molecular weight excluding hydrogens is 260 g/mol. The Kier molecular flexibility index (Phi) is 4.68. The number of ether oxygens (including phenoxy) is 1. The van der Waals surface area contributed by atoms with Crippen LogP contribution in [0.1, 0.15) is 0 Å². The zero-order chi connectivity index (χ0) is 13.7. The van der Waals surface area contributed by atoms with Gasteiger partial charge in [0, 0.05) is 23.2 Å². The SMILES string of the molecule is COCC(N)C(=O)Nc1ccccc1-c1cccs1. The molecule has 0 saturated heterocycles. The topological polar surface area (TPSA) is 64.3 Å². The van der Waals surface area contributed by atoms with Gasteiger partial charge in [-0.25, -0.2) is 0 Å². The van der Waals surface area contributed by atoms with Gasteiger partial charge in [-0.15, -0.1) is 11.3 Å². The summed E-state index contributed by atoms with van der Waals surface area (Å²) in [7, 11) is 1.52. The number of para-hydroxylation sites is 1. The van der Waals surface area contributed by atoms with Crippen LogP contribution >= 0.6 is 11.3 Å². The van der Waals surface area contributed by atoms with Crippen LogP contribution in [0.3, 0.4) is 0 Å². The molecule has 2 rings (SSSR count). The Morgan fingerprint density at radius 1 is 1.37 bits per heavy atom. The Hall–Kier alpha value is -1.69. The highest BCUT2D eigenvalue weighted by Crippen LogP contribution is 2.31. The predicted molar refractivity (Wildman–Crippen MR) is 78.2 cm³/mol. The number of anilines is 1. The maximum absolute atomic E-state index is 11.9. The number of benzene rings is 1. The lowest BCUT2D eigenvalue weighted by atomic mass is 10.1. The molecule has 0 aliphatic carbocycles. The summed E-state index contributed by atoms with van der Waals surface area (Å²) in [5, 5.41) is 4.85. The van der Waals surface area contributed by atoms with E-state index in [0.29, 0.717) is 0 Å². The van der Waals surface area contributed by atoms with E-state index in [1.54, 1.807) is 11.3 Å². The summed E-state index contributed by atoms with van der Waals surface area (Å²) < 4.78 is 4.88. The normalized spacial score (nSPS) is 12.1. The van der Waals surface area contributed by atoms with Crippen LogP contribution in [-0.2, 0) is 9.53 Å². The number of nitrogens with one attached hydrogen (secondary N) is 1. The van der Waals surface area contributed by atoms with Crippen LogP contribution in [-0.4, -0.2) is 25.7 Å². The summed E-state index contributed by atoms with van der Waals surface area (Å²) in [6, 6.07) is 11.0. The number of nitrogens with two attached hydrogens (primary N) is 1. The number of rotatable bonds is 5. The number of methoxy groups -OCH3 is 1. The Bertz CT molecular complexity index is 540.